The lowest BCUT2D eigenvalue weighted by molar-refractivity contribution is -0.371. The van der Waals surface area contributed by atoms with Gasteiger partial charge in [-0.2, -0.15) is 0 Å². The van der Waals surface area contributed by atoms with Crippen molar-refractivity contribution < 1.29 is 29.2 Å². The minimum atomic E-state index is -0.865. The molecule has 0 saturated carbocycles. The van der Waals surface area contributed by atoms with E-state index in [9.17, 15) is 0 Å². The monoisotopic (exact) mass is 248 g/mol. The van der Waals surface area contributed by atoms with Crippen LogP contribution in [-0.2, 0) is 18.9 Å². The van der Waals surface area contributed by atoms with Crippen molar-refractivity contribution >= 4 is 0 Å². The minimum Gasteiger partial charge on any atom is -0.396 e. The molecular weight excluding hydrogens is 228 g/mol. The van der Waals surface area contributed by atoms with Gasteiger partial charge in [-0.15, -0.1) is 0 Å². The Labute approximate surface area is 100 Å². The van der Waals surface area contributed by atoms with E-state index in [4.69, 9.17) is 29.2 Å². The van der Waals surface area contributed by atoms with Crippen molar-refractivity contribution in [3.8, 4) is 0 Å². The smallest absolute Gasteiger partial charge is 0.216 e. The van der Waals surface area contributed by atoms with Crippen molar-refractivity contribution in [2.24, 2.45) is 0 Å². The van der Waals surface area contributed by atoms with E-state index in [1.165, 1.54) is 0 Å². The van der Waals surface area contributed by atoms with Crippen molar-refractivity contribution in [2.75, 3.05) is 39.6 Å². The van der Waals surface area contributed by atoms with Gasteiger partial charge in [-0.05, 0) is 12.8 Å². The molecule has 0 bridgehead atoms. The summed E-state index contributed by atoms with van der Waals surface area (Å²) in [7, 11) is 0. The highest BCUT2D eigenvalue weighted by atomic mass is 16.8. The van der Waals surface area contributed by atoms with E-state index in [-0.39, 0.29) is 25.4 Å². The van der Waals surface area contributed by atoms with Crippen LogP contribution in [-0.4, -0.2) is 67.8 Å². The van der Waals surface area contributed by atoms with Gasteiger partial charge in [-0.3, -0.25) is 0 Å². The van der Waals surface area contributed by atoms with Gasteiger partial charge in [0.1, 0.15) is 13.2 Å². The maximum atomic E-state index is 8.90. The average molecular weight is 248 g/mol. The molecule has 0 amide bonds. The summed E-state index contributed by atoms with van der Waals surface area (Å²) in [4.78, 5) is 0. The SMILES string of the molecule is OCC[C@@H]1COCC2(COC[C@@H](CCO)O2)O1. The Morgan fingerprint density at radius 3 is 1.76 bits per heavy atom. The Morgan fingerprint density at radius 1 is 0.882 bits per heavy atom. The van der Waals surface area contributed by atoms with Crippen molar-refractivity contribution in [1.82, 2.24) is 0 Å². The zero-order chi connectivity index (χ0) is 12.1. The Bertz CT molecular complexity index is 206. The summed E-state index contributed by atoms with van der Waals surface area (Å²) >= 11 is 0. The molecule has 0 aromatic heterocycles. The predicted molar refractivity (Wildman–Crippen MR) is 57.5 cm³/mol. The standard InChI is InChI=1S/C11H20O6/c12-3-1-9-5-14-7-11(16-9)8-15-6-10(17-11)2-4-13/h9-10,12-13H,1-8H2/t9-,10-,11?/m1/s1. The van der Waals surface area contributed by atoms with Crippen LogP contribution in [0.15, 0.2) is 0 Å². The van der Waals surface area contributed by atoms with Gasteiger partial charge in [-0.25, -0.2) is 0 Å². The molecule has 0 unspecified atom stereocenters. The number of hydrogen-bond acceptors (Lipinski definition) is 6. The fourth-order valence-electron chi connectivity index (χ4n) is 2.15. The Balaban J connectivity index is 1.92. The lowest BCUT2D eigenvalue weighted by atomic mass is 10.1. The molecule has 6 heteroatoms. The maximum Gasteiger partial charge on any atom is 0.216 e. The number of aliphatic hydroxyl groups excluding tert-OH is 2. The number of ether oxygens (including phenoxy) is 4. The van der Waals surface area contributed by atoms with Gasteiger partial charge in [0.05, 0.1) is 25.4 Å². The van der Waals surface area contributed by atoms with E-state index in [0.717, 1.165) is 0 Å². The quantitative estimate of drug-likeness (QED) is 0.683. The molecule has 2 fully saturated rings. The van der Waals surface area contributed by atoms with Gasteiger partial charge in [-0.1, -0.05) is 0 Å². The molecular formula is C11H20O6. The molecule has 17 heavy (non-hydrogen) atoms. The Hall–Kier alpha value is -0.240. The van der Waals surface area contributed by atoms with Crippen LogP contribution in [0.5, 0.6) is 0 Å². The van der Waals surface area contributed by atoms with E-state index in [1.54, 1.807) is 0 Å². The van der Waals surface area contributed by atoms with Crippen molar-refractivity contribution in [3.63, 3.8) is 0 Å². The van der Waals surface area contributed by atoms with Crippen LogP contribution in [0.4, 0.5) is 0 Å². The molecule has 0 aromatic carbocycles. The van der Waals surface area contributed by atoms with Gasteiger partial charge >= 0.3 is 0 Å². The van der Waals surface area contributed by atoms with Crippen LogP contribution < -0.4 is 0 Å². The van der Waals surface area contributed by atoms with E-state index >= 15 is 0 Å². The second-order valence-corrected chi connectivity index (χ2v) is 4.45. The second-order valence-electron chi connectivity index (χ2n) is 4.45. The largest absolute Gasteiger partial charge is 0.396 e. The number of rotatable bonds is 4. The van der Waals surface area contributed by atoms with Gasteiger partial charge < -0.3 is 29.2 Å². The highest BCUT2D eigenvalue weighted by Gasteiger charge is 2.44. The second kappa shape index (κ2) is 6.08. The molecule has 0 aromatic rings. The van der Waals surface area contributed by atoms with Gasteiger partial charge in [0.15, 0.2) is 0 Å². The first kappa shape index (κ1) is 13.2. The molecule has 2 aliphatic rings. The third kappa shape index (κ3) is 3.37. The molecule has 2 atom stereocenters. The van der Waals surface area contributed by atoms with Crippen molar-refractivity contribution in [1.29, 1.82) is 0 Å². The summed E-state index contributed by atoms with van der Waals surface area (Å²) in [5.74, 6) is -0.865. The van der Waals surface area contributed by atoms with Crippen LogP contribution >= 0.6 is 0 Å². The topological polar surface area (TPSA) is 77.4 Å². The van der Waals surface area contributed by atoms with Gasteiger partial charge in [0.25, 0.3) is 0 Å². The number of aliphatic hydroxyl groups is 2. The third-order valence-electron chi connectivity index (χ3n) is 2.92. The first-order valence-electron chi connectivity index (χ1n) is 6.01. The van der Waals surface area contributed by atoms with Crippen LogP contribution in [0.25, 0.3) is 0 Å². The number of hydrogen-bond donors (Lipinski definition) is 2. The maximum absolute atomic E-state index is 8.90. The molecule has 2 heterocycles. The van der Waals surface area contributed by atoms with E-state index in [2.05, 4.69) is 0 Å². The summed E-state index contributed by atoms with van der Waals surface area (Å²) in [5, 5.41) is 17.8. The van der Waals surface area contributed by atoms with Crippen molar-refractivity contribution in [2.45, 2.75) is 30.8 Å². The van der Waals surface area contributed by atoms with Crippen LogP contribution in [0.3, 0.4) is 0 Å². The fourth-order valence-corrected chi connectivity index (χ4v) is 2.15. The molecule has 2 saturated heterocycles. The van der Waals surface area contributed by atoms with E-state index < -0.39 is 5.79 Å². The lowest BCUT2D eigenvalue weighted by Crippen LogP contribution is -2.57. The first-order valence-corrected chi connectivity index (χ1v) is 6.01. The molecule has 2 rings (SSSR count). The zero-order valence-corrected chi connectivity index (χ0v) is 9.84. The highest BCUT2D eigenvalue weighted by Crippen LogP contribution is 2.28. The molecule has 0 radical (unpaired) electrons. The average Bonchev–Trinajstić information content (AvgIpc) is 2.30. The molecule has 6 nitrogen and oxygen atoms in total. The summed E-state index contributed by atoms with van der Waals surface area (Å²) in [5.41, 5.74) is 0. The van der Waals surface area contributed by atoms with Crippen LogP contribution in [0.1, 0.15) is 12.8 Å². The third-order valence-corrected chi connectivity index (χ3v) is 2.92. The van der Waals surface area contributed by atoms with Gasteiger partial charge in [0, 0.05) is 13.2 Å². The van der Waals surface area contributed by atoms with Crippen LogP contribution in [0.2, 0.25) is 0 Å². The van der Waals surface area contributed by atoms with Gasteiger partial charge in [0.2, 0.25) is 5.79 Å². The Morgan fingerprint density at radius 2 is 1.35 bits per heavy atom. The normalized spacial score (nSPS) is 32.8. The highest BCUT2D eigenvalue weighted by molar-refractivity contribution is 4.81. The molecule has 100 valence electrons. The van der Waals surface area contributed by atoms with E-state index in [1.807, 2.05) is 0 Å². The van der Waals surface area contributed by atoms with Crippen molar-refractivity contribution in [3.05, 3.63) is 0 Å². The minimum absolute atomic E-state index is 0.0605. The molecule has 0 aliphatic carbocycles. The van der Waals surface area contributed by atoms with E-state index in [0.29, 0.717) is 39.3 Å². The zero-order valence-electron chi connectivity index (χ0n) is 9.84. The summed E-state index contributed by atoms with van der Waals surface area (Å²) in [6.07, 6.45) is 0.724. The molecule has 2 N–H and O–H groups in total. The molecule has 2 aliphatic heterocycles. The summed E-state index contributed by atoms with van der Waals surface area (Å²) in [6.45, 7) is 1.72. The fraction of sp³-hybridized carbons (Fsp3) is 1.00. The Kier molecular flexibility index (Phi) is 4.72. The van der Waals surface area contributed by atoms with Crippen LogP contribution in [0, 0.1) is 0 Å². The summed E-state index contributed by atoms with van der Waals surface area (Å²) in [6, 6.07) is 0. The summed E-state index contributed by atoms with van der Waals surface area (Å²) < 4.78 is 22.5. The lowest BCUT2D eigenvalue weighted by Gasteiger charge is -2.45. The molecule has 1 spiro atoms. The predicted octanol–water partition coefficient (Wildman–Crippen LogP) is -0.722. The first-order chi connectivity index (χ1) is 8.28.